The number of hydrogen-bond donors (Lipinski definition) is 1. The van der Waals surface area contributed by atoms with Crippen LogP contribution in [0, 0.1) is 5.82 Å². The summed E-state index contributed by atoms with van der Waals surface area (Å²) in [6.45, 7) is 0.898. The zero-order chi connectivity index (χ0) is 14.7. The lowest BCUT2D eigenvalue weighted by Gasteiger charge is -2.19. The molecule has 0 aliphatic heterocycles. The van der Waals surface area contributed by atoms with Gasteiger partial charge in [-0.3, -0.25) is 0 Å². The van der Waals surface area contributed by atoms with Gasteiger partial charge < -0.3 is 5.32 Å². The number of nitrogens with one attached hydrogen (secondary N) is 1. The molecule has 1 atom stereocenters. The molecule has 0 radical (unpaired) electrons. The van der Waals surface area contributed by atoms with Gasteiger partial charge in [-0.15, -0.1) is 0 Å². The maximum Gasteiger partial charge on any atom is 0.126 e. The van der Waals surface area contributed by atoms with E-state index >= 15 is 0 Å². The minimum atomic E-state index is -0.107. The topological polar surface area (TPSA) is 12.0 Å². The van der Waals surface area contributed by atoms with E-state index in [9.17, 15) is 4.39 Å². The standard InChI is InChI=1S/C18H19BrFN/c19-16-6-3-5-13(11-16)15(12-21-17-8-9-17)10-14-4-1-2-7-18(14)20/h1-7,11,15,17,21H,8-10,12H2. The van der Waals surface area contributed by atoms with Gasteiger partial charge >= 0.3 is 0 Å². The smallest absolute Gasteiger partial charge is 0.126 e. The average molecular weight is 348 g/mol. The van der Waals surface area contributed by atoms with Gasteiger partial charge in [-0.1, -0.05) is 46.3 Å². The van der Waals surface area contributed by atoms with Crippen molar-refractivity contribution in [2.24, 2.45) is 0 Å². The monoisotopic (exact) mass is 347 g/mol. The van der Waals surface area contributed by atoms with Crippen LogP contribution in [0.2, 0.25) is 0 Å². The van der Waals surface area contributed by atoms with Gasteiger partial charge in [-0.05, 0) is 48.6 Å². The van der Waals surface area contributed by atoms with Crippen molar-refractivity contribution in [3.05, 3.63) is 69.9 Å². The second-order valence-electron chi connectivity index (χ2n) is 5.73. The summed E-state index contributed by atoms with van der Waals surface area (Å²) >= 11 is 3.53. The molecule has 0 spiro atoms. The SMILES string of the molecule is Fc1ccccc1CC(CNC1CC1)c1cccc(Br)c1. The van der Waals surface area contributed by atoms with E-state index in [0.717, 1.165) is 23.0 Å². The molecule has 0 aromatic heterocycles. The van der Waals surface area contributed by atoms with Crippen LogP contribution in [-0.2, 0) is 6.42 Å². The first-order chi connectivity index (χ1) is 10.2. The second kappa shape index (κ2) is 6.71. The molecule has 1 nitrogen and oxygen atoms in total. The molecule has 0 amide bonds. The van der Waals surface area contributed by atoms with Gasteiger partial charge in [-0.25, -0.2) is 4.39 Å². The van der Waals surface area contributed by atoms with Crippen molar-refractivity contribution in [2.75, 3.05) is 6.54 Å². The van der Waals surface area contributed by atoms with E-state index in [1.165, 1.54) is 18.4 Å². The number of rotatable bonds is 6. The molecule has 1 aliphatic carbocycles. The molecule has 2 aromatic carbocycles. The van der Waals surface area contributed by atoms with Crippen molar-refractivity contribution in [3.63, 3.8) is 0 Å². The maximum atomic E-state index is 13.9. The summed E-state index contributed by atoms with van der Waals surface area (Å²) in [4.78, 5) is 0. The lowest BCUT2D eigenvalue weighted by molar-refractivity contribution is 0.552. The molecule has 0 bridgehead atoms. The number of halogens is 2. The van der Waals surface area contributed by atoms with Crippen LogP contribution in [0.1, 0.15) is 29.9 Å². The van der Waals surface area contributed by atoms with Crippen LogP contribution in [-0.4, -0.2) is 12.6 Å². The zero-order valence-corrected chi connectivity index (χ0v) is 13.4. The Hall–Kier alpha value is -1.19. The fraction of sp³-hybridized carbons (Fsp3) is 0.333. The summed E-state index contributed by atoms with van der Waals surface area (Å²) in [6.07, 6.45) is 3.26. The molecule has 1 N–H and O–H groups in total. The number of benzene rings is 2. The lowest BCUT2D eigenvalue weighted by atomic mass is 9.91. The maximum absolute atomic E-state index is 13.9. The van der Waals surface area contributed by atoms with E-state index < -0.39 is 0 Å². The van der Waals surface area contributed by atoms with Crippen LogP contribution >= 0.6 is 15.9 Å². The Labute approximate surface area is 133 Å². The first-order valence-corrected chi connectivity index (χ1v) is 8.24. The fourth-order valence-corrected chi connectivity index (χ4v) is 3.01. The molecule has 21 heavy (non-hydrogen) atoms. The van der Waals surface area contributed by atoms with Gasteiger partial charge in [0.2, 0.25) is 0 Å². The molecular formula is C18H19BrFN. The van der Waals surface area contributed by atoms with Crippen LogP contribution in [0.25, 0.3) is 0 Å². The second-order valence-corrected chi connectivity index (χ2v) is 6.65. The van der Waals surface area contributed by atoms with Gasteiger partial charge in [0.15, 0.2) is 0 Å². The molecule has 3 rings (SSSR count). The molecule has 110 valence electrons. The van der Waals surface area contributed by atoms with E-state index in [0.29, 0.717) is 12.0 Å². The van der Waals surface area contributed by atoms with Crippen molar-refractivity contribution in [3.8, 4) is 0 Å². The molecule has 1 fully saturated rings. The Balaban J connectivity index is 1.79. The third kappa shape index (κ3) is 4.14. The Kier molecular flexibility index (Phi) is 4.71. The Morgan fingerprint density at radius 2 is 1.95 bits per heavy atom. The van der Waals surface area contributed by atoms with Gasteiger partial charge in [0.05, 0.1) is 0 Å². The highest BCUT2D eigenvalue weighted by Crippen LogP contribution is 2.26. The lowest BCUT2D eigenvalue weighted by Crippen LogP contribution is -2.25. The average Bonchev–Trinajstić information content (AvgIpc) is 3.29. The van der Waals surface area contributed by atoms with Gasteiger partial charge in [0, 0.05) is 23.0 Å². The quantitative estimate of drug-likeness (QED) is 0.800. The van der Waals surface area contributed by atoms with Crippen LogP contribution in [0.4, 0.5) is 4.39 Å². The Morgan fingerprint density at radius 3 is 2.67 bits per heavy atom. The highest BCUT2D eigenvalue weighted by atomic mass is 79.9. The van der Waals surface area contributed by atoms with E-state index in [4.69, 9.17) is 0 Å². The largest absolute Gasteiger partial charge is 0.313 e. The van der Waals surface area contributed by atoms with Crippen molar-refractivity contribution in [1.82, 2.24) is 5.32 Å². The highest BCUT2D eigenvalue weighted by molar-refractivity contribution is 9.10. The van der Waals surface area contributed by atoms with Crippen LogP contribution < -0.4 is 5.32 Å². The molecule has 0 heterocycles. The zero-order valence-electron chi connectivity index (χ0n) is 11.9. The third-order valence-electron chi connectivity index (χ3n) is 3.97. The molecule has 0 saturated heterocycles. The third-order valence-corrected chi connectivity index (χ3v) is 4.47. The van der Waals surface area contributed by atoms with Gasteiger partial charge in [0.25, 0.3) is 0 Å². The minimum absolute atomic E-state index is 0.107. The first-order valence-electron chi connectivity index (χ1n) is 7.44. The van der Waals surface area contributed by atoms with Crippen molar-refractivity contribution < 1.29 is 4.39 Å². The summed E-state index contributed by atoms with van der Waals surface area (Å²) in [5, 5.41) is 3.58. The predicted octanol–water partition coefficient (Wildman–Crippen LogP) is 4.67. The molecule has 1 aliphatic rings. The summed E-state index contributed by atoms with van der Waals surface area (Å²) in [5.41, 5.74) is 2.04. The molecule has 1 unspecified atom stereocenters. The van der Waals surface area contributed by atoms with E-state index in [-0.39, 0.29) is 5.82 Å². The Morgan fingerprint density at radius 1 is 1.14 bits per heavy atom. The molecule has 1 saturated carbocycles. The van der Waals surface area contributed by atoms with Crippen molar-refractivity contribution in [2.45, 2.75) is 31.2 Å². The van der Waals surface area contributed by atoms with Gasteiger partial charge in [0.1, 0.15) is 5.82 Å². The fourth-order valence-electron chi connectivity index (χ4n) is 2.59. The van der Waals surface area contributed by atoms with E-state index in [1.807, 2.05) is 24.3 Å². The number of hydrogen-bond acceptors (Lipinski definition) is 1. The predicted molar refractivity (Wildman–Crippen MR) is 88.0 cm³/mol. The van der Waals surface area contributed by atoms with Gasteiger partial charge in [-0.2, -0.15) is 0 Å². The van der Waals surface area contributed by atoms with Crippen LogP contribution in [0.15, 0.2) is 53.0 Å². The molecular weight excluding hydrogens is 329 g/mol. The summed E-state index contributed by atoms with van der Waals surface area (Å²) < 4.78 is 15.0. The van der Waals surface area contributed by atoms with E-state index in [2.05, 4.69) is 33.4 Å². The van der Waals surface area contributed by atoms with E-state index in [1.54, 1.807) is 12.1 Å². The van der Waals surface area contributed by atoms with Crippen molar-refractivity contribution >= 4 is 15.9 Å². The highest BCUT2D eigenvalue weighted by Gasteiger charge is 2.23. The molecule has 2 aromatic rings. The summed E-state index contributed by atoms with van der Waals surface area (Å²) in [7, 11) is 0. The summed E-state index contributed by atoms with van der Waals surface area (Å²) in [5.74, 6) is 0.184. The van der Waals surface area contributed by atoms with Crippen molar-refractivity contribution in [1.29, 1.82) is 0 Å². The summed E-state index contributed by atoms with van der Waals surface area (Å²) in [6, 6.07) is 16.1. The minimum Gasteiger partial charge on any atom is -0.313 e. The normalized spacial score (nSPS) is 15.9. The van der Waals surface area contributed by atoms with Crippen LogP contribution in [0.3, 0.4) is 0 Å². The first kappa shape index (κ1) is 14.7. The van der Waals surface area contributed by atoms with Crippen LogP contribution in [0.5, 0.6) is 0 Å². The molecule has 3 heteroatoms. The Bertz CT molecular complexity index is 610.